The van der Waals surface area contributed by atoms with Gasteiger partial charge in [0.2, 0.25) is 0 Å². The summed E-state index contributed by atoms with van der Waals surface area (Å²) in [5.74, 6) is -0.586. The van der Waals surface area contributed by atoms with Crippen molar-refractivity contribution in [2.24, 2.45) is 0 Å². The molecule has 4 N–H and O–H groups in total. The molecule has 0 atom stereocenters. The van der Waals surface area contributed by atoms with Crippen molar-refractivity contribution in [1.29, 1.82) is 0 Å². The Bertz CT molecular complexity index is 573. The van der Waals surface area contributed by atoms with Crippen LogP contribution in [0.1, 0.15) is 15.9 Å². The lowest BCUT2D eigenvalue weighted by molar-refractivity contribution is 0.0950. The Hall–Kier alpha value is -2.69. The molecule has 2 aromatic rings. The van der Waals surface area contributed by atoms with Crippen LogP contribution in [0.5, 0.6) is 17.2 Å². The Labute approximate surface area is 109 Å². The maximum atomic E-state index is 11.8. The van der Waals surface area contributed by atoms with Crippen molar-refractivity contribution in [3.63, 3.8) is 0 Å². The maximum absolute atomic E-state index is 11.8. The number of nitrogens with one attached hydrogen (secondary N) is 1. The largest absolute Gasteiger partial charge is 0.508 e. The van der Waals surface area contributed by atoms with Gasteiger partial charge in [-0.3, -0.25) is 4.79 Å². The van der Waals surface area contributed by atoms with Gasteiger partial charge in [0.25, 0.3) is 5.91 Å². The van der Waals surface area contributed by atoms with Gasteiger partial charge in [0.05, 0.1) is 0 Å². The standard InChI is InChI=1S/C14H13NO4/c16-11-3-1-9(2-4-11)8-15-14(19)10-5-12(17)7-13(18)6-10/h1-7,16-18H,8H2,(H,15,19). The fourth-order valence-corrected chi connectivity index (χ4v) is 1.62. The molecule has 0 saturated carbocycles. The molecule has 0 aliphatic rings. The van der Waals surface area contributed by atoms with Crippen LogP contribution in [0.3, 0.4) is 0 Å². The van der Waals surface area contributed by atoms with Crippen LogP contribution in [-0.2, 0) is 6.54 Å². The van der Waals surface area contributed by atoms with Crippen LogP contribution in [0.15, 0.2) is 42.5 Å². The number of amides is 1. The van der Waals surface area contributed by atoms with Crippen molar-refractivity contribution in [2.45, 2.75) is 6.54 Å². The Morgan fingerprint density at radius 2 is 1.47 bits per heavy atom. The number of benzene rings is 2. The lowest BCUT2D eigenvalue weighted by Crippen LogP contribution is -2.22. The van der Waals surface area contributed by atoms with E-state index in [1.54, 1.807) is 12.1 Å². The molecular weight excluding hydrogens is 246 g/mol. The molecule has 0 heterocycles. The van der Waals surface area contributed by atoms with E-state index in [0.29, 0.717) is 0 Å². The van der Waals surface area contributed by atoms with Gasteiger partial charge in [-0.15, -0.1) is 0 Å². The van der Waals surface area contributed by atoms with Crippen LogP contribution >= 0.6 is 0 Å². The van der Waals surface area contributed by atoms with Crippen LogP contribution in [0.4, 0.5) is 0 Å². The first-order chi connectivity index (χ1) is 9.04. The molecule has 19 heavy (non-hydrogen) atoms. The fraction of sp³-hybridized carbons (Fsp3) is 0.0714. The summed E-state index contributed by atoms with van der Waals surface area (Å²) in [6.45, 7) is 0.287. The number of aromatic hydroxyl groups is 3. The van der Waals surface area contributed by atoms with E-state index in [1.807, 2.05) is 0 Å². The van der Waals surface area contributed by atoms with Gasteiger partial charge in [0.1, 0.15) is 17.2 Å². The highest BCUT2D eigenvalue weighted by Crippen LogP contribution is 2.20. The molecule has 0 aliphatic heterocycles. The van der Waals surface area contributed by atoms with Crippen molar-refractivity contribution < 1.29 is 20.1 Å². The summed E-state index contributed by atoms with van der Waals surface area (Å²) in [4.78, 5) is 11.8. The van der Waals surface area contributed by atoms with Gasteiger partial charge >= 0.3 is 0 Å². The highest BCUT2D eigenvalue weighted by Gasteiger charge is 2.08. The van der Waals surface area contributed by atoms with E-state index >= 15 is 0 Å². The van der Waals surface area contributed by atoms with Crippen LogP contribution in [0, 0.1) is 0 Å². The number of rotatable bonds is 3. The molecule has 5 nitrogen and oxygen atoms in total. The number of carbonyl (C=O) groups excluding carboxylic acids is 1. The highest BCUT2D eigenvalue weighted by molar-refractivity contribution is 5.94. The molecule has 0 spiro atoms. The molecule has 0 unspecified atom stereocenters. The van der Waals surface area contributed by atoms with Crippen LogP contribution in [-0.4, -0.2) is 21.2 Å². The van der Waals surface area contributed by atoms with Crippen LogP contribution in [0.25, 0.3) is 0 Å². The summed E-state index contributed by atoms with van der Waals surface area (Å²) in [7, 11) is 0. The van der Waals surface area contributed by atoms with E-state index in [-0.39, 0.29) is 29.4 Å². The molecule has 2 aromatic carbocycles. The normalized spacial score (nSPS) is 10.1. The van der Waals surface area contributed by atoms with Crippen LogP contribution in [0.2, 0.25) is 0 Å². The molecule has 5 heteroatoms. The molecule has 1 amide bonds. The van der Waals surface area contributed by atoms with Gasteiger partial charge in [0.15, 0.2) is 0 Å². The first-order valence-electron chi connectivity index (χ1n) is 5.64. The average Bonchev–Trinajstić information content (AvgIpc) is 2.36. The SMILES string of the molecule is O=C(NCc1ccc(O)cc1)c1cc(O)cc(O)c1. The molecule has 0 saturated heterocycles. The van der Waals surface area contributed by atoms with Gasteiger partial charge in [0, 0.05) is 18.2 Å². The molecule has 0 aliphatic carbocycles. The Balaban J connectivity index is 2.03. The Kier molecular flexibility index (Phi) is 3.56. The Morgan fingerprint density at radius 1 is 0.895 bits per heavy atom. The third kappa shape index (κ3) is 3.38. The number of phenols is 3. The van der Waals surface area contributed by atoms with E-state index < -0.39 is 5.91 Å². The second-order valence-corrected chi connectivity index (χ2v) is 4.09. The van der Waals surface area contributed by atoms with E-state index in [9.17, 15) is 15.0 Å². The summed E-state index contributed by atoms with van der Waals surface area (Å²) < 4.78 is 0. The fourth-order valence-electron chi connectivity index (χ4n) is 1.62. The maximum Gasteiger partial charge on any atom is 0.251 e. The molecular formula is C14H13NO4. The second-order valence-electron chi connectivity index (χ2n) is 4.09. The summed E-state index contributed by atoms with van der Waals surface area (Å²) in [5.41, 5.74) is 1.01. The number of carbonyl (C=O) groups is 1. The summed E-state index contributed by atoms with van der Waals surface area (Å²) in [6, 6.07) is 10.1. The molecule has 98 valence electrons. The van der Waals surface area contributed by atoms with Crippen molar-refractivity contribution in [1.82, 2.24) is 5.32 Å². The zero-order chi connectivity index (χ0) is 13.8. The van der Waals surface area contributed by atoms with E-state index in [4.69, 9.17) is 5.11 Å². The number of hydrogen-bond donors (Lipinski definition) is 4. The second kappa shape index (κ2) is 5.30. The first-order valence-corrected chi connectivity index (χ1v) is 5.64. The molecule has 0 aromatic heterocycles. The average molecular weight is 259 g/mol. The molecule has 0 bridgehead atoms. The smallest absolute Gasteiger partial charge is 0.251 e. The predicted octanol–water partition coefficient (Wildman–Crippen LogP) is 1.73. The van der Waals surface area contributed by atoms with Gasteiger partial charge < -0.3 is 20.6 Å². The summed E-state index contributed by atoms with van der Waals surface area (Å²) in [5, 5.41) is 30.4. The molecule has 0 fully saturated rings. The van der Waals surface area contributed by atoms with Gasteiger partial charge in [-0.2, -0.15) is 0 Å². The molecule has 0 radical (unpaired) electrons. The minimum absolute atomic E-state index is 0.160. The Morgan fingerprint density at radius 3 is 2.05 bits per heavy atom. The minimum atomic E-state index is -0.403. The topological polar surface area (TPSA) is 89.8 Å². The van der Waals surface area contributed by atoms with Gasteiger partial charge in [-0.25, -0.2) is 0 Å². The lowest BCUT2D eigenvalue weighted by atomic mass is 10.1. The quantitative estimate of drug-likeness (QED) is 0.675. The third-order valence-electron chi connectivity index (χ3n) is 2.55. The third-order valence-corrected chi connectivity index (χ3v) is 2.55. The zero-order valence-corrected chi connectivity index (χ0v) is 10.00. The summed E-state index contributed by atoms with van der Waals surface area (Å²) >= 11 is 0. The van der Waals surface area contributed by atoms with Crippen molar-refractivity contribution in [2.75, 3.05) is 0 Å². The first kappa shape index (κ1) is 12.8. The monoisotopic (exact) mass is 259 g/mol. The number of hydrogen-bond acceptors (Lipinski definition) is 4. The molecule has 2 rings (SSSR count). The minimum Gasteiger partial charge on any atom is -0.508 e. The highest BCUT2D eigenvalue weighted by atomic mass is 16.3. The van der Waals surface area contributed by atoms with E-state index in [1.165, 1.54) is 24.3 Å². The van der Waals surface area contributed by atoms with Crippen LogP contribution < -0.4 is 5.32 Å². The zero-order valence-electron chi connectivity index (χ0n) is 10.00. The summed E-state index contributed by atoms with van der Waals surface area (Å²) in [6.07, 6.45) is 0. The number of phenolic OH excluding ortho intramolecular Hbond substituents is 3. The van der Waals surface area contributed by atoms with Crippen molar-refractivity contribution >= 4 is 5.91 Å². The van der Waals surface area contributed by atoms with Crippen molar-refractivity contribution in [3.05, 3.63) is 53.6 Å². The lowest BCUT2D eigenvalue weighted by Gasteiger charge is -2.06. The van der Waals surface area contributed by atoms with Gasteiger partial charge in [-0.1, -0.05) is 12.1 Å². The predicted molar refractivity (Wildman–Crippen MR) is 69.0 cm³/mol. The van der Waals surface area contributed by atoms with Gasteiger partial charge in [-0.05, 0) is 29.8 Å². The van der Waals surface area contributed by atoms with Crippen molar-refractivity contribution in [3.8, 4) is 17.2 Å². The van der Waals surface area contributed by atoms with E-state index in [0.717, 1.165) is 11.6 Å². The van der Waals surface area contributed by atoms with E-state index in [2.05, 4.69) is 5.32 Å².